The van der Waals surface area contributed by atoms with Crippen LogP contribution in [0.15, 0.2) is 91.0 Å². The number of nitrogens with two attached hydrogens (primary N) is 1. The molecule has 28 heavy (non-hydrogen) atoms. The van der Waals surface area contributed by atoms with Gasteiger partial charge in [0, 0.05) is 0 Å². The minimum absolute atomic E-state index is 0.0310. The van der Waals surface area contributed by atoms with Gasteiger partial charge in [-0.05, 0) is 37.0 Å². The Morgan fingerprint density at radius 3 is 1.57 bits per heavy atom. The van der Waals surface area contributed by atoms with E-state index >= 15 is 0 Å². The Labute approximate surface area is 167 Å². The van der Waals surface area contributed by atoms with Gasteiger partial charge in [0.05, 0.1) is 18.1 Å². The van der Waals surface area contributed by atoms with Gasteiger partial charge < -0.3 is 10.6 Å². The molecule has 3 atom stereocenters. The first-order valence-electron chi connectivity index (χ1n) is 9.79. The molecule has 1 amide bonds. The van der Waals surface area contributed by atoms with E-state index in [4.69, 9.17) is 5.73 Å². The van der Waals surface area contributed by atoms with Crippen LogP contribution in [0.5, 0.6) is 0 Å². The van der Waals surface area contributed by atoms with Gasteiger partial charge in [0.25, 0.3) is 0 Å². The van der Waals surface area contributed by atoms with Crippen LogP contribution in [-0.2, 0) is 11.2 Å². The van der Waals surface area contributed by atoms with E-state index < -0.39 is 6.04 Å². The Hall–Kier alpha value is -2.91. The minimum atomic E-state index is -0.584. The lowest BCUT2D eigenvalue weighted by molar-refractivity contribution is -0.137. The maximum absolute atomic E-state index is 13.5. The largest absolute Gasteiger partial charge is 0.328 e. The summed E-state index contributed by atoms with van der Waals surface area (Å²) in [5.41, 5.74) is 9.67. The quantitative estimate of drug-likeness (QED) is 0.641. The van der Waals surface area contributed by atoms with E-state index in [0.717, 1.165) is 16.7 Å². The molecule has 0 aliphatic carbocycles. The van der Waals surface area contributed by atoms with Gasteiger partial charge in [0.2, 0.25) is 5.91 Å². The van der Waals surface area contributed by atoms with Crippen molar-refractivity contribution in [1.29, 1.82) is 0 Å². The van der Waals surface area contributed by atoms with Gasteiger partial charge in [-0.1, -0.05) is 91.0 Å². The van der Waals surface area contributed by atoms with Gasteiger partial charge in [-0.2, -0.15) is 0 Å². The van der Waals surface area contributed by atoms with Crippen molar-refractivity contribution in [2.24, 2.45) is 5.73 Å². The van der Waals surface area contributed by atoms with Gasteiger partial charge in [-0.15, -0.1) is 0 Å². The third-order valence-electron chi connectivity index (χ3n) is 5.27. The number of hydrogen-bond donors (Lipinski definition) is 1. The van der Waals surface area contributed by atoms with Crippen molar-refractivity contribution in [3.05, 3.63) is 108 Å². The molecule has 3 rings (SSSR count). The molecule has 0 aliphatic heterocycles. The van der Waals surface area contributed by atoms with Gasteiger partial charge in [-0.25, -0.2) is 0 Å². The monoisotopic (exact) mass is 372 g/mol. The molecule has 0 aliphatic rings. The first kappa shape index (κ1) is 19.8. The van der Waals surface area contributed by atoms with Crippen molar-refractivity contribution in [3.63, 3.8) is 0 Å². The Kier molecular flexibility index (Phi) is 6.62. The fraction of sp³-hybridized carbons (Fsp3) is 0.240. The highest BCUT2D eigenvalue weighted by atomic mass is 16.2. The van der Waals surface area contributed by atoms with Crippen molar-refractivity contribution in [3.8, 4) is 0 Å². The average Bonchev–Trinajstić information content (AvgIpc) is 2.75. The summed E-state index contributed by atoms with van der Waals surface area (Å²) in [5.74, 6) is -0.0310. The van der Waals surface area contributed by atoms with Gasteiger partial charge in [0.15, 0.2) is 0 Å². The second-order valence-corrected chi connectivity index (χ2v) is 7.22. The molecule has 0 bridgehead atoms. The zero-order valence-electron chi connectivity index (χ0n) is 16.5. The van der Waals surface area contributed by atoms with Crippen molar-refractivity contribution in [2.45, 2.75) is 38.4 Å². The second-order valence-electron chi connectivity index (χ2n) is 7.22. The number of benzene rings is 3. The van der Waals surface area contributed by atoms with Crippen molar-refractivity contribution in [1.82, 2.24) is 4.90 Å². The molecule has 0 fully saturated rings. The smallest absolute Gasteiger partial charge is 0.240 e. The molecule has 0 heterocycles. The summed E-state index contributed by atoms with van der Waals surface area (Å²) >= 11 is 0. The van der Waals surface area contributed by atoms with Crippen LogP contribution >= 0.6 is 0 Å². The predicted octanol–water partition coefficient (Wildman–Crippen LogP) is 4.91. The summed E-state index contributed by atoms with van der Waals surface area (Å²) in [4.78, 5) is 15.4. The number of rotatable bonds is 7. The molecule has 3 aromatic rings. The summed E-state index contributed by atoms with van der Waals surface area (Å²) in [5, 5.41) is 0. The molecular formula is C25H28N2O. The molecular weight excluding hydrogens is 344 g/mol. The number of carbonyl (C=O) groups excluding carboxylic acids is 1. The predicted molar refractivity (Wildman–Crippen MR) is 115 cm³/mol. The third-order valence-corrected chi connectivity index (χ3v) is 5.27. The Balaban J connectivity index is 1.89. The molecule has 2 N–H and O–H groups in total. The van der Waals surface area contributed by atoms with E-state index in [1.165, 1.54) is 0 Å². The van der Waals surface area contributed by atoms with E-state index in [2.05, 4.69) is 38.1 Å². The van der Waals surface area contributed by atoms with Crippen LogP contribution in [0, 0.1) is 0 Å². The van der Waals surface area contributed by atoms with Crippen LogP contribution in [-0.4, -0.2) is 16.8 Å². The van der Waals surface area contributed by atoms with Gasteiger partial charge in [-0.3, -0.25) is 4.79 Å². The van der Waals surface area contributed by atoms with Crippen LogP contribution in [0.25, 0.3) is 0 Å². The van der Waals surface area contributed by atoms with E-state index in [9.17, 15) is 4.79 Å². The van der Waals surface area contributed by atoms with Crippen molar-refractivity contribution >= 4 is 5.91 Å². The minimum Gasteiger partial charge on any atom is -0.328 e. The lowest BCUT2D eigenvalue weighted by atomic mass is 9.98. The zero-order chi connectivity index (χ0) is 19.9. The average molecular weight is 373 g/mol. The highest BCUT2D eigenvalue weighted by Crippen LogP contribution is 2.31. The van der Waals surface area contributed by atoms with Gasteiger partial charge >= 0.3 is 0 Å². The highest BCUT2D eigenvalue weighted by molar-refractivity contribution is 5.83. The first-order chi connectivity index (χ1) is 13.6. The lowest BCUT2D eigenvalue weighted by Gasteiger charge is -2.37. The topological polar surface area (TPSA) is 46.3 Å². The number of amides is 1. The van der Waals surface area contributed by atoms with Gasteiger partial charge in [0.1, 0.15) is 0 Å². The number of carbonyl (C=O) groups is 1. The summed E-state index contributed by atoms with van der Waals surface area (Å²) in [7, 11) is 0. The SMILES string of the molecule is C[C@@H](c1ccccc1)N(C(=O)[C@@H](N)Cc1ccccc1)[C@@H](C)c1ccccc1. The molecule has 3 nitrogen and oxygen atoms in total. The highest BCUT2D eigenvalue weighted by Gasteiger charge is 2.31. The maximum Gasteiger partial charge on any atom is 0.240 e. The maximum atomic E-state index is 13.5. The molecule has 0 aromatic heterocycles. The fourth-order valence-corrected chi connectivity index (χ4v) is 3.65. The molecule has 3 aromatic carbocycles. The van der Waals surface area contributed by atoms with Crippen LogP contribution < -0.4 is 5.73 Å². The fourth-order valence-electron chi connectivity index (χ4n) is 3.65. The Morgan fingerprint density at radius 2 is 1.14 bits per heavy atom. The summed E-state index contributed by atoms with van der Waals surface area (Å²) < 4.78 is 0. The van der Waals surface area contributed by atoms with Crippen LogP contribution in [0.4, 0.5) is 0 Å². The first-order valence-corrected chi connectivity index (χ1v) is 9.79. The standard InChI is InChI=1S/C25H28N2O/c1-19(22-14-8-4-9-15-22)27(20(2)23-16-10-5-11-17-23)25(28)24(26)18-21-12-6-3-7-13-21/h3-17,19-20,24H,18,26H2,1-2H3/t19-,20-,24-/m0/s1. The Morgan fingerprint density at radius 1 is 0.750 bits per heavy atom. The normalized spacial score (nSPS) is 14.1. The zero-order valence-corrected chi connectivity index (χ0v) is 16.5. The summed E-state index contributed by atoms with van der Waals surface area (Å²) in [6.45, 7) is 4.14. The number of hydrogen-bond acceptors (Lipinski definition) is 2. The van der Waals surface area contributed by atoms with Crippen LogP contribution in [0.2, 0.25) is 0 Å². The van der Waals surface area contributed by atoms with E-state index in [1.807, 2.05) is 71.6 Å². The number of nitrogens with zero attached hydrogens (tertiary/aromatic N) is 1. The van der Waals surface area contributed by atoms with Crippen LogP contribution in [0.1, 0.15) is 42.6 Å². The molecule has 144 valence electrons. The third kappa shape index (κ3) is 4.68. The summed E-state index contributed by atoms with van der Waals surface area (Å²) in [6, 6.07) is 29.5. The van der Waals surface area contributed by atoms with Crippen molar-refractivity contribution in [2.75, 3.05) is 0 Å². The molecule has 0 radical (unpaired) electrons. The molecule has 0 saturated heterocycles. The van der Waals surface area contributed by atoms with E-state index in [1.54, 1.807) is 0 Å². The molecule has 3 heteroatoms. The molecule has 0 unspecified atom stereocenters. The van der Waals surface area contributed by atoms with Crippen molar-refractivity contribution < 1.29 is 4.79 Å². The second kappa shape index (κ2) is 9.34. The Bertz CT molecular complexity index is 819. The molecule has 0 saturated carbocycles. The van der Waals surface area contributed by atoms with Crippen LogP contribution in [0.3, 0.4) is 0 Å². The van der Waals surface area contributed by atoms with E-state index in [-0.39, 0.29) is 18.0 Å². The molecule has 0 spiro atoms. The summed E-state index contributed by atoms with van der Waals surface area (Å²) in [6.07, 6.45) is 0.527. The van der Waals surface area contributed by atoms with E-state index in [0.29, 0.717) is 6.42 Å². The lowest BCUT2D eigenvalue weighted by Crippen LogP contribution is -2.47.